The second-order valence-electron chi connectivity index (χ2n) is 5.77. The van der Waals surface area contributed by atoms with E-state index in [1.165, 1.54) is 12.8 Å². The lowest BCUT2D eigenvalue weighted by atomic mass is 10.1. The number of imidazole rings is 1. The van der Waals surface area contributed by atoms with E-state index in [1.54, 1.807) is 0 Å². The Kier molecular flexibility index (Phi) is 4.68. The molecule has 0 bridgehead atoms. The first-order valence-corrected chi connectivity index (χ1v) is 7.73. The molecule has 0 amide bonds. The van der Waals surface area contributed by atoms with Crippen LogP contribution in [0.1, 0.15) is 36.6 Å². The standard InChI is InChI=1S/C17H23N3O/c18-17(15-5-2-1-3-6-15)16-11-19-13-20(16)9-4-10-21-12-14-7-8-14/h1-3,5-6,11,13-14,17H,4,7-10,12,18H2. The number of nitrogens with two attached hydrogens (primary N) is 1. The van der Waals surface area contributed by atoms with Crippen molar-refractivity contribution in [3.05, 3.63) is 54.1 Å². The molecule has 1 fully saturated rings. The number of rotatable bonds is 8. The third-order valence-corrected chi connectivity index (χ3v) is 3.96. The summed E-state index contributed by atoms with van der Waals surface area (Å²) < 4.78 is 7.81. The summed E-state index contributed by atoms with van der Waals surface area (Å²) in [6, 6.07) is 10.0. The van der Waals surface area contributed by atoms with Crippen molar-refractivity contribution in [1.82, 2.24) is 9.55 Å². The molecule has 1 aliphatic carbocycles. The van der Waals surface area contributed by atoms with Gasteiger partial charge in [0.2, 0.25) is 0 Å². The lowest BCUT2D eigenvalue weighted by Crippen LogP contribution is -2.17. The van der Waals surface area contributed by atoms with Gasteiger partial charge in [-0.15, -0.1) is 0 Å². The molecular weight excluding hydrogens is 262 g/mol. The molecule has 0 aliphatic heterocycles. The van der Waals surface area contributed by atoms with Gasteiger partial charge in [-0.1, -0.05) is 30.3 Å². The van der Waals surface area contributed by atoms with E-state index >= 15 is 0 Å². The summed E-state index contributed by atoms with van der Waals surface area (Å²) in [5.74, 6) is 0.834. The molecule has 1 atom stereocenters. The second kappa shape index (κ2) is 6.87. The molecule has 1 aromatic carbocycles. The van der Waals surface area contributed by atoms with Crippen LogP contribution in [0.3, 0.4) is 0 Å². The zero-order chi connectivity index (χ0) is 14.5. The summed E-state index contributed by atoms with van der Waals surface area (Å²) in [6.07, 6.45) is 7.41. The van der Waals surface area contributed by atoms with E-state index in [0.717, 1.165) is 43.4 Å². The number of benzene rings is 1. The van der Waals surface area contributed by atoms with E-state index < -0.39 is 0 Å². The maximum Gasteiger partial charge on any atom is 0.0948 e. The van der Waals surface area contributed by atoms with Gasteiger partial charge in [-0.25, -0.2) is 4.98 Å². The van der Waals surface area contributed by atoms with Crippen LogP contribution in [0.2, 0.25) is 0 Å². The van der Waals surface area contributed by atoms with Crippen molar-refractivity contribution >= 4 is 0 Å². The summed E-state index contributed by atoms with van der Waals surface area (Å²) in [5, 5.41) is 0. The lowest BCUT2D eigenvalue weighted by Gasteiger charge is -2.15. The molecule has 1 aromatic heterocycles. The highest BCUT2D eigenvalue weighted by Gasteiger charge is 2.20. The number of nitrogens with zero attached hydrogens (tertiary/aromatic N) is 2. The van der Waals surface area contributed by atoms with Gasteiger partial charge in [0, 0.05) is 19.8 Å². The largest absolute Gasteiger partial charge is 0.381 e. The minimum atomic E-state index is -0.124. The number of hydrogen-bond acceptors (Lipinski definition) is 3. The van der Waals surface area contributed by atoms with Crippen molar-refractivity contribution in [2.45, 2.75) is 31.8 Å². The Hall–Kier alpha value is -1.65. The van der Waals surface area contributed by atoms with Crippen molar-refractivity contribution in [3.8, 4) is 0 Å². The Morgan fingerprint density at radius 1 is 1.29 bits per heavy atom. The molecule has 1 aliphatic rings. The topological polar surface area (TPSA) is 53.1 Å². The molecule has 0 saturated heterocycles. The number of ether oxygens (including phenoxy) is 1. The van der Waals surface area contributed by atoms with Crippen molar-refractivity contribution in [3.63, 3.8) is 0 Å². The SMILES string of the molecule is NC(c1ccccc1)c1cncn1CCCOCC1CC1. The molecule has 2 N–H and O–H groups in total. The van der Waals surface area contributed by atoms with Gasteiger partial charge in [-0.05, 0) is 30.7 Å². The molecule has 3 rings (SSSR count). The molecule has 112 valence electrons. The smallest absolute Gasteiger partial charge is 0.0948 e. The molecule has 1 heterocycles. The quantitative estimate of drug-likeness (QED) is 0.759. The molecule has 4 heteroatoms. The van der Waals surface area contributed by atoms with Crippen molar-refractivity contribution in [1.29, 1.82) is 0 Å². The molecule has 2 aromatic rings. The summed E-state index contributed by atoms with van der Waals surface area (Å²) >= 11 is 0. The van der Waals surface area contributed by atoms with Crippen LogP contribution >= 0.6 is 0 Å². The van der Waals surface area contributed by atoms with Gasteiger partial charge in [0.05, 0.1) is 24.3 Å². The Morgan fingerprint density at radius 3 is 2.86 bits per heavy atom. The Morgan fingerprint density at radius 2 is 2.10 bits per heavy atom. The van der Waals surface area contributed by atoms with E-state index in [9.17, 15) is 0 Å². The number of hydrogen-bond donors (Lipinski definition) is 1. The lowest BCUT2D eigenvalue weighted by molar-refractivity contribution is 0.119. The van der Waals surface area contributed by atoms with Gasteiger partial charge >= 0.3 is 0 Å². The highest BCUT2D eigenvalue weighted by Crippen LogP contribution is 2.28. The maximum atomic E-state index is 6.35. The number of aryl methyl sites for hydroxylation is 1. The van der Waals surface area contributed by atoms with Crippen LogP contribution in [0.5, 0.6) is 0 Å². The first-order chi connectivity index (χ1) is 10.3. The zero-order valence-electron chi connectivity index (χ0n) is 12.3. The van der Waals surface area contributed by atoms with Crippen molar-refractivity contribution < 1.29 is 4.74 Å². The first-order valence-electron chi connectivity index (χ1n) is 7.73. The molecule has 0 radical (unpaired) electrons. The third-order valence-electron chi connectivity index (χ3n) is 3.96. The van der Waals surface area contributed by atoms with E-state index in [0.29, 0.717) is 0 Å². The summed E-state index contributed by atoms with van der Waals surface area (Å²) in [5.41, 5.74) is 8.52. The van der Waals surface area contributed by atoms with Gasteiger partial charge in [0.15, 0.2) is 0 Å². The third kappa shape index (κ3) is 3.93. The number of aromatic nitrogens is 2. The minimum absolute atomic E-state index is 0.124. The Bertz CT molecular complexity index is 548. The Labute approximate surface area is 125 Å². The fourth-order valence-corrected chi connectivity index (χ4v) is 2.48. The highest BCUT2D eigenvalue weighted by molar-refractivity contribution is 5.26. The van der Waals surface area contributed by atoms with Crippen LogP contribution in [-0.2, 0) is 11.3 Å². The average molecular weight is 285 g/mol. The maximum absolute atomic E-state index is 6.35. The minimum Gasteiger partial charge on any atom is -0.381 e. The van der Waals surface area contributed by atoms with Crippen LogP contribution in [0.25, 0.3) is 0 Å². The van der Waals surface area contributed by atoms with Gasteiger partial charge < -0.3 is 15.0 Å². The second-order valence-corrected chi connectivity index (χ2v) is 5.77. The van der Waals surface area contributed by atoms with Crippen molar-refractivity contribution in [2.24, 2.45) is 11.7 Å². The van der Waals surface area contributed by atoms with Crippen LogP contribution in [0.15, 0.2) is 42.9 Å². The molecular formula is C17H23N3O. The first kappa shape index (κ1) is 14.3. The van der Waals surface area contributed by atoms with E-state index in [2.05, 4.69) is 21.7 Å². The molecule has 0 spiro atoms. The van der Waals surface area contributed by atoms with Gasteiger partial charge in [0.1, 0.15) is 0 Å². The van der Waals surface area contributed by atoms with E-state index in [4.69, 9.17) is 10.5 Å². The van der Waals surface area contributed by atoms with Crippen LogP contribution in [-0.4, -0.2) is 22.8 Å². The Balaban J connectivity index is 1.53. The molecule has 1 saturated carbocycles. The monoisotopic (exact) mass is 285 g/mol. The highest BCUT2D eigenvalue weighted by atomic mass is 16.5. The summed E-state index contributed by atoms with van der Waals surface area (Å²) in [6.45, 7) is 2.65. The van der Waals surface area contributed by atoms with Crippen molar-refractivity contribution in [2.75, 3.05) is 13.2 Å². The van der Waals surface area contributed by atoms with Gasteiger partial charge in [0.25, 0.3) is 0 Å². The average Bonchev–Trinajstić information content (AvgIpc) is 3.23. The summed E-state index contributed by atoms with van der Waals surface area (Å²) in [7, 11) is 0. The van der Waals surface area contributed by atoms with Gasteiger partial charge in [-0.2, -0.15) is 0 Å². The van der Waals surface area contributed by atoms with Crippen LogP contribution in [0, 0.1) is 5.92 Å². The van der Waals surface area contributed by atoms with Crippen LogP contribution in [0.4, 0.5) is 0 Å². The zero-order valence-corrected chi connectivity index (χ0v) is 12.3. The fourth-order valence-electron chi connectivity index (χ4n) is 2.48. The van der Waals surface area contributed by atoms with Gasteiger partial charge in [-0.3, -0.25) is 0 Å². The fraction of sp³-hybridized carbons (Fsp3) is 0.471. The molecule has 4 nitrogen and oxygen atoms in total. The normalized spacial score (nSPS) is 16.0. The van der Waals surface area contributed by atoms with E-state index in [-0.39, 0.29) is 6.04 Å². The van der Waals surface area contributed by atoms with Crippen LogP contribution < -0.4 is 5.73 Å². The molecule has 1 unspecified atom stereocenters. The van der Waals surface area contributed by atoms with E-state index in [1.807, 2.05) is 30.7 Å². The molecule has 21 heavy (non-hydrogen) atoms. The summed E-state index contributed by atoms with van der Waals surface area (Å²) in [4.78, 5) is 4.25. The predicted octanol–water partition coefficient (Wildman–Crippen LogP) is 2.75. The predicted molar refractivity (Wildman–Crippen MR) is 82.9 cm³/mol.